The van der Waals surface area contributed by atoms with Crippen LogP contribution in [-0.4, -0.2) is 0 Å². The zero-order valence-corrected chi connectivity index (χ0v) is 13.7. The van der Waals surface area contributed by atoms with E-state index in [-0.39, 0.29) is 0 Å². The third-order valence-electron chi connectivity index (χ3n) is 4.41. The molecule has 0 fully saturated rings. The van der Waals surface area contributed by atoms with E-state index >= 15 is 0 Å². The first kappa shape index (κ1) is 16.0. The van der Waals surface area contributed by atoms with Crippen LogP contribution in [0, 0.1) is 0 Å². The Kier molecular flexibility index (Phi) is 7.05. The van der Waals surface area contributed by atoms with Crippen LogP contribution in [0.2, 0.25) is 0 Å². The van der Waals surface area contributed by atoms with E-state index in [1.165, 1.54) is 75.5 Å². The highest BCUT2D eigenvalue weighted by Crippen LogP contribution is 2.35. The van der Waals surface area contributed by atoms with Crippen molar-refractivity contribution >= 4 is 11.3 Å². The maximum Gasteiger partial charge on any atom is 0.0553 e. The molecule has 1 aliphatic carbocycles. The molecule has 2 nitrogen and oxygen atoms in total. The monoisotopic (exact) mass is 294 g/mol. The van der Waals surface area contributed by atoms with Crippen LogP contribution < -0.4 is 11.3 Å². The summed E-state index contributed by atoms with van der Waals surface area (Å²) in [6.45, 7) is 2.27. The van der Waals surface area contributed by atoms with Gasteiger partial charge in [0.15, 0.2) is 0 Å². The summed E-state index contributed by atoms with van der Waals surface area (Å²) in [5, 5.41) is 0. The Balaban J connectivity index is 1.67. The van der Waals surface area contributed by atoms with Gasteiger partial charge < -0.3 is 0 Å². The van der Waals surface area contributed by atoms with Crippen LogP contribution >= 0.6 is 11.3 Å². The lowest BCUT2D eigenvalue weighted by atomic mass is 10.0. The first-order valence-corrected chi connectivity index (χ1v) is 9.24. The first-order chi connectivity index (χ1) is 9.85. The number of hydrazine groups is 1. The largest absolute Gasteiger partial charge is 0.271 e. The molecule has 0 radical (unpaired) electrons. The van der Waals surface area contributed by atoms with Gasteiger partial charge in [0.2, 0.25) is 0 Å². The van der Waals surface area contributed by atoms with Gasteiger partial charge in [-0.1, -0.05) is 51.9 Å². The van der Waals surface area contributed by atoms with Gasteiger partial charge in [-0.15, -0.1) is 11.3 Å². The van der Waals surface area contributed by atoms with Crippen LogP contribution in [0.5, 0.6) is 0 Å². The molecule has 2 rings (SSSR count). The molecule has 0 bridgehead atoms. The molecule has 1 heterocycles. The van der Waals surface area contributed by atoms with Crippen molar-refractivity contribution < 1.29 is 0 Å². The van der Waals surface area contributed by atoms with Crippen molar-refractivity contribution in [3.8, 4) is 0 Å². The minimum Gasteiger partial charge on any atom is -0.271 e. The number of aryl methyl sites for hydroxylation is 2. The molecule has 1 atom stereocenters. The van der Waals surface area contributed by atoms with Crippen molar-refractivity contribution in [3.05, 3.63) is 21.4 Å². The van der Waals surface area contributed by atoms with E-state index in [2.05, 4.69) is 18.4 Å². The second-order valence-electron chi connectivity index (χ2n) is 6.08. The summed E-state index contributed by atoms with van der Waals surface area (Å²) < 4.78 is 0. The molecule has 3 N–H and O–H groups in total. The molecule has 0 saturated carbocycles. The zero-order valence-electron chi connectivity index (χ0n) is 12.9. The van der Waals surface area contributed by atoms with E-state index < -0.39 is 0 Å². The lowest BCUT2D eigenvalue weighted by Crippen LogP contribution is -2.27. The SMILES string of the molecule is CCCCCCCCCC(NN)c1cc2c(s1)CCC2. The lowest BCUT2D eigenvalue weighted by Gasteiger charge is -2.14. The summed E-state index contributed by atoms with van der Waals surface area (Å²) in [7, 11) is 0. The fourth-order valence-electron chi connectivity index (χ4n) is 3.14. The minimum absolute atomic E-state index is 0.376. The molecule has 20 heavy (non-hydrogen) atoms. The molecule has 0 aliphatic heterocycles. The number of nitrogens with one attached hydrogen (secondary N) is 1. The average Bonchev–Trinajstić information content (AvgIpc) is 3.03. The van der Waals surface area contributed by atoms with Crippen LogP contribution in [0.4, 0.5) is 0 Å². The predicted octanol–water partition coefficient (Wildman–Crippen LogP) is 4.88. The quantitative estimate of drug-likeness (QED) is 0.366. The Morgan fingerprint density at radius 3 is 2.60 bits per heavy atom. The van der Waals surface area contributed by atoms with Crippen LogP contribution in [0.1, 0.15) is 86.1 Å². The van der Waals surface area contributed by atoms with Crippen molar-refractivity contribution in [3.63, 3.8) is 0 Å². The standard InChI is InChI=1S/C17H30N2S/c1-2-3-4-5-6-7-8-11-15(19-18)17-13-14-10-9-12-16(14)20-17/h13,15,19H,2-12,18H2,1H3. The minimum atomic E-state index is 0.376. The van der Waals surface area contributed by atoms with E-state index in [4.69, 9.17) is 5.84 Å². The van der Waals surface area contributed by atoms with Crippen molar-refractivity contribution in [2.24, 2.45) is 5.84 Å². The van der Waals surface area contributed by atoms with Crippen molar-refractivity contribution in [1.82, 2.24) is 5.43 Å². The van der Waals surface area contributed by atoms with E-state index in [0.717, 1.165) is 0 Å². The first-order valence-electron chi connectivity index (χ1n) is 8.42. The lowest BCUT2D eigenvalue weighted by molar-refractivity contribution is 0.481. The third kappa shape index (κ3) is 4.57. The van der Waals surface area contributed by atoms with Crippen molar-refractivity contribution in [1.29, 1.82) is 0 Å². The molecule has 1 aromatic rings. The van der Waals surface area contributed by atoms with Gasteiger partial charge in [-0.05, 0) is 37.3 Å². The van der Waals surface area contributed by atoms with Gasteiger partial charge in [-0.3, -0.25) is 11.3 Å². The molecule has 1 aromatic heterocycles. The van der Waals surface area contributed by atoms with Gasteiger partial charge in [-0.25, -0.2) is 0 Å². The Labute approximate surface area is 128 Å². The predicted molar refractivity (Wildman–Crippen MR) is 89.0 cm³/mol. The molecule has 1 unspecified atom stereocenters. The van der Waals surface area contributed by atoms with Gasteiger partial charge in [0.25, 0.3) is 0 Å². The topological polar surface area (TPSA) is 38.0 Å². The highest BCUT2D eigenvalue weighted by molar-refractivity contribution is 7.12. The summed E-state index contributed by atoms with van der Waals surface area (Å²) in [6.07, 6.45) is 14.7. The molecular weight excluding hydrogens is 264 g/mol. The number of fused-ring (bicyclic) bond motifs is 1. The van der Waals surface area contributed by atoms with Crippen LogP contribution in [0.25, 0.3) is 0 Å². The maximum atomic E-state index is 5.76. The molecule has 0 amide bonds. The van der Waals surface area contributed by atoms with E-state index in [0.29, 0.717) is 6.04 Å². The summed E-state index contributed by atoms with van der Waals surface area (Å²) in [4.78, 5) is 3.07. The Bertz CT molecular complexity index is 365. The Hall–Kier alpha value is -0.380. The van der Waals surface area contributed by atoms with Crippen LogP contribution in [-0.2, 0) is 12.8 Å². The molecule has 0 saturated heterocycles. The molecule has 1 aliphatic rings. The van der Waals surface area contributed by atoms with Crippen LogP contribution in [0.3, 0.4) is 0 Å². The molecule has 0 aromatic carbocycles. The van der Waals surface area contributed by atoms with Crippen LogP contribution in [0.15, 0.2) is 6.07 Å². The van der Waals surface area contributed by atoms with Crippen molar-refractivity contribution in [2.45, 2.75) is 83.6 Å². The highest BCUT2D eigenvalue weighted by atomic mass is 32.1. The summed E-state index contributed by atoms with van der Waals surface area (Å²) in [5.74, 6) is 5.76. The van der Waals surface area contributed by atoms with Crippen molar-refractivity contribution in [2.75, 3.05) is 0 Å². The molecular formula is C17H30N2S. The number of hydrogen-bond donors (Lipinski definition) is 2. The van der Waals surface area contributed by atoms with E-state index in [1.54, 1.807) is 10.4 Å². The molecule has 0 spiro atoms. The van der Waals surface area contributed by atoms with Gasteiger partial charge in [-0.2, -0.15) is 0 Å². The third-order valence-corrected chi connectivity index (χ3v) is 5.76. The number of nitrogens with two attached hydrogens (primary N) is 1. The summed E-state index contributed by atoms with van der Waals surface area (Å²) in [6, 6.07) is 2.78. The second kappa shape index (κ2) is 8.81. The van der Waals surface area contributed by atoms with Gasteiger partial charge in [0, 0.05) is 9.75 Å². The summed E-state index contributed by atoms with van der Waals surface area (Å²) >= 11 is 1.99. The highest BCUT2D eigenvalue weighted by Gasteiger charge is 2.19. The van der Waals surface area contributed by atoms with Gasteiger partial charge in [0.05, 0.1) is 6.04 Å². The number of thiophene rings is 1. The summed E-state index contributed by atoms with van der Waals surface area (Å²) in [5.41, 5.74) is 4.62. The Morgan fingerprint density at radius 2 is 1.90 bits per heavy atom. The smallest absolute Gasteiger partial charge is 0.0553 e. The number of hydrogen-bond acceptors (Lipinski definition) is 3. The molecule has 3 heteroatoms. The van der Waals surface area contributed by atoms with Gasteiger partial charge >= 0.3 is 0 Å². The Morgan fingerprint density at radius 1 is 1.15 bits per heavy atom. The van der Waals surface area contributed by atoms with Gasteiger partial charge in [0.1, 0.15) is 0 Å². The fraction of sp³-hybridized carbons (Fsp3) is 0.765. The van der Waals surface area contributed by atoms with E-state index in [9.17, 15) is 0 Å². The zero-order chi connectivity index (χ0) is 14.2. The second-order valence-corrected chi connectivity index (χ2v) is 7.25. The number of unbranched alkanes of at least 4 members (excludes halogenated alkanes) is 6. The molecule has 114 valence electrons. The number of rotatable bonds is 10. The fourth-order valence-corrected chi connectivity index (χ4v) is 4.49. The normalized spacial score (nSPS) is 15.5. The van der Waals surface area contributed by atoms with E-state index in [1.807, 2.05) is 11.3 Å². The maximum absolute atomic E-state index is 5.76. The average molecular weight is 295 g/mol.